The minimum atomic E-state index is -0.810. The number of aliphatic hydroxyl groups is 2. The Hall–Kier alpha value is -0.670. The number of aliphatic hydroxyl groups excluding tert-OH is 2. The van der Waals surface area contributed by atoms with Crippen LogP contribution in [0, 0.1) is 28.6 Å². The Morgan fingerprint density at radius 2 is 1.86 bits per heavy atom. The van der Waals surface area contributed by atoms with Crippen LogP contribution in [0.5, 0.6) is 0 Å². The normalized spacial score (nSPS) is 54.3. The van der Waals surface area contributed by atoms with E-state index in [1.807, 2.05) is 0 Å². The highest BCUT2D eigenvalue weighted by Crippen LogP contribution is 2.65. The summed E-state index contributed by atoms with van der Waals surface area (Å²) in [5.41, 5.74) is 1.37. The third kappa shape index (κ3) is 1.78. The van der Waals surface area contributed by atoms with Crippen LogP contribution in [-0.2, 0) is 4.79 Å². The summed E-state index contributed by atoms with van der Waals surface area (Å²) in [6.07, 6.45) is 7.88. The highest BCUT2D eigenvalue weighted by Gasteiger charge is 2.59. The topological polar surface area (TPSA) is 57.5 Å². The van der Waals surface area contributed by atoms with Crippen molar-refractivity contribution in [1.29, 1.82) is 0 Å². The standard InChI is InChI=1S/C19H28O3/c1-18-8-7-14-12(13(18)5-6-17(18)22)4-3-11-9-15(20)16(21)10-19(11,14)2/h9,12-14,16-17,21-22H,3-8,10H2,1-2H3/t12-,13-,14+,16?,17?,18-,19-/m0/s1. The van der Waals surface area contributed by atoms with E-state index in [1.54, 1.807) is 6.08 Å². The molecule has 4 rings (SSSR count). The van der Waals surface area contributed by atoms with E-state index in [4.69, 9.17) is 0 Å². The van der Waals surface area contributed by atoms with E-state index in [9.17, 15) is 15.0 Å². The Kier molecular flexibility index (Phi) is 3.16. The summed E-state index contributed by atoms with van der Waals surface area (Å²) in [6.45, 7) is 4.57. The first-order chi connectivity index (χ1) is 10.4. The molecule has 0 radical (unpaired) electrons. The fourth-order valence-electron chi connectivity index (χ4n) is 6.59. The number of hydrogen-bond donors (Lipinski definition) is 2. The second kappa shape index (κ2) is 4.67. The van der Waals surface area contributed by atoms with E-state index in [1.165, 1.54) is 5.57 Å². The van der Waals surface area contributed by atoms with Crippen molar-refractivity contribution in [3.8, 4) is 0 Å². The second-order valence-electron chi connectivity index (χ2n) is 8.76. The smallest absolute Gasteiger partial charge is 0.184 e. The van der Waals surface area contributed by atoms with Crippen LogP contribution in [0.3, 0.4) is 0 Å². The first kappa shape index (κ1) is 14.9. The Bertz CT molecular complexity index is 539. The lowest BCUT2D eigenvalue weighted by molar-refractivity contribution is -0.128. The van der Waals surface area contributed by atoms with Crippen molar-refractivity contribution in [1.82, 2.24) is 0 Å². The Morgan fingerprint density at radius 3 is 2.64 bits per heavy atom. The maximum Gasteiger partial charge on any atom is 0.184 e. The van der Waals surface area contributed by atoms with Gasteiger partial charge in [0.25, 0.3) is 0 Å². The van der Waals surface area contributed by atoms with Crippen LogP contribution in [0.1, 0.15) is 58.8 Å². The molecular formula is C19H28O3. The highest BCUT2D eigenvalue weighted by atomic mass is 16.3. The second-order valence-corrected chi connectivity index (χ2v) is 8.76. The summed E-state index contributed by atoms with van der Waals surface area (Å²) in [5.74, 6) is 1.74. The third-order valence-corrected chi connectivity index (χ3v) is 7.95. The Labute approximate surface area is 132 Å². The Morgan fingerprint density at radius 1 is 1.09 bits per heavy atom. The van der Waals surface area contributed by atoms with Gasteiger partial charge in [-0.2, -0.15) is 0 Å². The van der Waals surface area contributed by atoms with Gasteiger partial charge >= 0.3 is 0 Å². The third-order valence-electron chi connectivity index (χ3n) is 7.95. The Balaban J connectivity index is 1.70. The molecule has 2 unspecified atom stereocenters. The minimum absolute atomic E-state index is 0.00881. The fraction of sp³-hybridized carbons (Fsp3) is 0.842. The van der Waals surface area contributed by atoms with E-state index in [0.717, 1.165) is 38.5 Å². The number of allylic oxidation sites excluding steroid dienone is 1. The van der Waals surface area contributed by atoms with Crippen LogP contribution < -0.4 is 0 Å². The van der Waals surface area contributed by atoms with Gasteiger partial charge in [-0.3, -0.25) is 4.79 Å². The van der Waals surface area contributed by atoms with Crippen molar-refractivity contribution in [2.24, 2.45) is 28.6 Å². The molecular weight excluding hydrogens is 276 g/mol. The number of fused-ring (bicyclic) bond motifs is 5. The molecule has 3 saturated carbocycles. The van der Waals surface area contributed by atoms with Crippen molar-refractivity contribution in [3.05, 3.63) is 11.6 Å². The lowest BCUT2D eigenvalue weighted by Crippen LogP contribution is -2.52. The largest absolute Gasteiger partial charge is 0.393 e. The van der Waals surface area contributed by atoms with Gasteiger partial charge < -0.3 is 10.2 Å². The van der Waals surface area contributed by atoms with Crippen molar-refractivity contribution < 1.29 is 15.0 Å². The van der Waals surface area contributed by atoms with Gasteiger partial charge in [0.15, 0.2) is 5.78 Å². The zero-order chi connectivity index (χ0) is 15.7. The van der Waals surface area contributed by atoms with Gasteiger partial charge in [0.1, 0.15) is 6.10 Å². The monoisotopic (exact) mass is 304 g/mol. The lowest BCUT2D eigenvalue weighted by atomic mass is 9.47. The molecule has 0 aliphatic heterocycles. The predicted molar refractivity (Wildman–Crippen MR) is 84.1 cm³/mol. The summed E-state index contributed by atoms with van der Waals surface area (Å²) in [4.78, 5) is 11.9. The molecule has 0 aromatic carbocycles. The molecule has 3 nitrogen and oxygen atoms in total. The summed E-state index contributed by atoms with van der Waals surface area (Å²) in [5, 5.41) is 20.6. The summed E-state index contributed by atoms with van der Waals surface area (Å²) < 4.78 is 0. The molecule has 122 valence electrons. The zero-order valence-electron chi connectivity index (χ0n) is 13.7. The van der Waals surface area contributed by atoms with Gasteiger partial charge in [-0.05, 0) is 79.6 Å². The van der Waals surface area contributed by atoms with Crippen LogP contribution in [0.4, 0.5) is 0 Å². The molecule has 0 heterocycles. The van der Waals surface area contributed by atoms with Gasteiger partial charge in [-0.1, -0.05) is 19.4 Å². The van der Waals surface area contributed by atoms with Crippen LogP contribution in [0.2, 0.25) is 0 Å². The van der Waals surface area contributed by atoms with E-state index in [0.29, 0.717) is 24.2 Å². The number of hydrogen-bond acceptors (Lipinski definition) is 3. The lowest BCUT2D eigenvalue weighted by Gasteiger charge is -2.58. The van der Waals surface area contributed by atoms with Gasteiger partial charge in [-0.25, -0.2) is 0 Å². The molecule has 0 bridgehead atoms. The molecule has 0 aromatic rings. The number of carbonyl (C=O) groups is 1. The van der Waals surface area contributed by atoms with E-state index in [-0.39, 0.29) is 22.7 Å². The van der Waals surface area contributed by atoms with Gasteiger partial charge in [0.2, 0.25) is 0 Å². The molecule has 0 saturated heterocycles. The van der Waals surface area contributed by atoms with Crippen LogP contribution >= 0.6 is 0 Å². The molecule has 0 amide bonds. The first-order valence-corrected chi connectivity index (χ1v) is 8.97. The zero-order valence-corrected chi connectivity index (χ0v) is 13.7. The SMILES string of the molecule is C[C@]12CC(O)C(=O)C=C1CC[C@@H]1[C@H]2CC[C@]2(C)C(O)CC[C@@H]12. The molecule has 3 fully saturated rings. The van der Waals surface area contributed by atoms with Crippen molar-refractivity contribution >= 4 is 5.78 Å². The highest BCUT2D eigenvalue weighted by molar-refractivity contribution is 5.95. The molecule has 7 atom stereocenters. The molecule has 0 aromatic heterocycles. The van der Waals surface area contributed by atoms with Crippen molar-refractivity contribution in [3.63, 3.8) is 0 Å². The summed E-state index contributed by atoms with van der Waals surface area (Å²) in [7, 11) is 0. The van der Waals surface area contributed by atoms with Crippen molar-refractivity contribution in [2.45, 2.75) is 71.0 Å². The molecule has 3 heteroatoms. The average molecular weight is 304 g/mol. The summed E-state index contributed by atoms with van der Waals surface area (Å²) in [6, 6.07) is 0. The van der Waals surface area contributed by atoms with Crippen LogP contribution in [0.15, 0.2) is 11.6 Å². The number of carbonyl (C=O) groups excluding carboxylic acids is 1. The van der Waals surface area contributed by atoms with Crippen molar-refractivity contribution in [2.75, 3.05) is 0 Å². The van der Waals surface area contributed by atoms with Crippen LogP contribution in [0.25, 0.3) is 0 Å². The molecule has 0 spiro atoms. The molecule has 2 N–H and O–H groups in total. The predicted octanol–water partition coefficient (Wildman–Crippen LogP) is 2.85. The van der Waals surface area contributed by atoms with E-state index >= 15 is 0 Å². The number of ketones is 1. The number of rotatable bonds is 0. The van der Waals surface area contributed by atoms with E-state index in [2.05, 4.69) is 13.8 Å². The average Bonchev–Trinajstić information content (AvgIpc) is 2.77. The first-order valence-electron chi connectivity index (χ1n) is 8.97. The van der Waals surface area contributed by atoms with E-state index < -0.39 is 6.10 Å². The van der Waals surface area contributed by atoms with Crippen LogP contribution in [-0.4, -0.2) is 28.2 Å². The van der Waals surface area contributed by atoms with Gasteiger partial charge in [0.05, 0.1) is 6.10 Å². The molecule has 4 aliphatic carbocycles. The van der Waals surface area contributed by atoms with Gasteiger partial charge in [0, 0.05) is 0 Å². The maximum absolute atomic E-state index is 11.9. The minimum Gasteiger partial charge on any atom is -0.393 e. The molecule has 22 heavy (non-hydrogen) atoms. The summed E-state index contributed by atoms with van der Waals surface area (Å²) >= 11 is 0. The molecule has 4 aliphatic rings. The maximum atomic E-state index is 11.9. The fourth-order valence-corrected chi connectivity index (χ4v) is 6.59. The van der Waals surface area contributed by atoms with Gasteiger partial charge in [-0.15, -0.1) is 0 Å². The quantitative estimate of drug-likeness (QED) is 0.723.